The predicted octanol–water partition coefficient (Wildman–Crippen LogP) is 4.35. The standard InChI is InChI=1S/C20H15Cl2NO5S/c1-9-7-11(3-4-12(9)20(26)27)8-29(28)19-15(10(2)24)18(25)16-13(21)5-6-14(22)17(16)23-19/h3-7H,8H2,1-2H3,(H,23,25)(H,26,27). The molecule has 1 atom stereocenters. The van der Waals surface area contributed by atoms with Gasteiger partial charge in [-0.15, -0.1) is 0 Å². The number of carboxylic acids is 1. The molecule has 0 saturated carbocycles. The van der Waals surface area contributed by atoms with Crippen LogP contribution in [0.1, 0.15) is 38.8 Å². The van der Waals surface area contributed by atoms with Gasteiger partial charge in [-0.25, -0.2) is 4.79 Å². The topological polar surface area (TPSA) is 104 Å². The van der Waals surface area contributed by atoms with E-state index < -0.39 is 28.0 Å². The minimum Gasteiger partial charge on any atom is -0.478 e. The molecule has 2 aromatic carbocycles. The lowest BCUT2D eigenvalue weighted by molar-refractivity contribution is 0.0696. The van der Waals surface area contributed by atoms with Crippen LogP contribution in [0.3, 0.4) is 0 Å². The molecule has 3 rings (SSSR count). The number of ketones is 1. The fraction of sp³-hybridized carbons (Fsp3) is 0.150. The maximum Gasteiger partial charge on any atom is 0.335 e. The third-order valence-corrected chi connectivity index (χ3v) is 6.41. The SMILES string of the molecule is CC(=O)c1c(S(=O)Cc2ccc(C(=O)O)c(C)c2)[nH]c2c(Cl)ccc(Cl)c2c1=O. The number of carbonyl (C=O) groups is 2. The lowest BCUT2D eigenvalue weighted by Crippen LogP contribution is -2.20. The molecule has 6 nitrogen and oxygen atoms in total. The number of aromatic carboxylic acids is 1. The molecule has 0 aliphatic rings. The summed E-state index contributed by atoms with van der Waals surface area (Å²) in [6.45, 7) is 2.85. The number of aromatic amines is 1. The molecule has 3 aromatic rings. The van der Waals surface area contributed by atoms with Gasteiger partial charge in [-0.3, -0.25) is 13.8 Å². The van der Waals surface area contributed by atoms with Crippen molar-refractivity contribution in [1.82, 2.24) is 4.98 Å². The molecule has 1 unspecified atom stereocenters. The van der Waals surface area contributed by atoms with Crippen molar-refractivity contribution in [2.75, 3.05) is 0 Å². The largest absolute Gasteiger partial charge is 0.478 e. The molecule has 1 aromatic heterocycles. The molecule has 0 saturated heterocycles. The molecular formula is C20H15Cl2NO5S. The van der Waals surface area contributed by atoms with Crippen LogP contribution in [0.2, 0.25) is 10.0 Å². The van der Waals surface area contributed by atoms with Crippen molar-refractivity contribution in [2.24, 2.45) is 0 Å². The molecule has 0 spiro atoms. The first-order valence-electron chi connectivity index (χ1n) is 8.38. The number of hydrogen-bond donors (Lipinski definition) is 2. The van der Waals surface area contributed by atoms with E-state index in [4.69, 9.17) is 28.3 Å². The van der Waals surface area contributed by atoms with Gasteiger partial charge in [0.1, 0.15) is 5.03 Å². The number of carbonyl (C=O) groups excluding carboxylic acids is 1. The molecule has 0 fully saturated rings. The molecule has 0 radical (unpaired) electrons. The van der Waals surface area contributed by atoms with Gasteiger partial charge in [-0.2, -0.15) is 0 Å². The Morgan fingerprint density at radius 3 is 2.38 bits per heavy atom. The molecule has 0 aliphatic carbocycles. The summed E-state index contributed by atoms with van der Waals surface area (Å²) in [5.41, 5.74) is 0.580. The highest BCUT2D eigenvalue weighted by molar-refractivity contribution is 7.84. The maximum absolute atomic E-state index is 13.1. The zero-order valence-electron chi connectivity index (χ0n) is 15.3. The molecule has 1 heterocycles. The molecule has 150 valence electrons. The first kappa shape index (κ1) is 21.2. The van der Waals surface area contributed by atoms with Gasteiger partial charge in [0.05, 0.1) is 48.6 Å². The van der Waals surface area contributed by atoms with Crippen LogP contribution in [0.4, 0.5) is 0 Å². The number of carboxylic acid groups (broad SMARTS) is 1. The second kappa shape index (κ2) is 8.10. The quantitative estimate of drug-likeness (QED) is 0.560. The van der Waals surface area contributed by atoms with Crippen molar-refractivity contribution < 1.29 is 18.9 Å². The Hall–Kier alpha value is -2.48. The van der Waals surface area contributed by atoms with Crippen LogP contribution < -0.4 is 5.43 Å². The summed E-state index contributed by atoms with van der Waals surface area (Å²) in [5.74, 6) is -1.63. The van der Waals surface area contributed by atoms with Crippen molar-refractivity contribution in [1.29, 1.82) is 0 Å². The van der Waals surface area contributed by atoms with Gasteiger partial charge in [0.2, 0.25) is 5.43 Å². The minimum absolute atomic E-state index is 0.0271. The zero-order valence-corrected chi connectivity index (χ0v) is 17.7. The van der Waals surface area contributed by atoms with Crippen LogP contribution >= 0.6 is 23.2 Å². The zero-order chi connectivity index (χ0) is 21.5. The molecule has 0 amide bonds. The molecule has 0 aliphatic heterocycles. The number of halogens is 2. The van der Waals surface area contributed by atoms with E-state index in [1.807, 2.05) is 0 Å². The first-order valence-corrected chi connectivity index (χ1v) is 10.5. The van der Waals surface area contributed by atoms with Crippen LogP contribution in [0.5, 0.6) is 0 Å². The smallest absolute Gasteiger partial charge is 0.335 e. The summed E-state index contributed by atoms with van der Waals surface area (Å²) in [6.07, 6.45) is 0. The number of H-pyrrole nitrogens is 1. The third kappa shape index (κ3) is 3.99. The number of aryl methyl sites for hydroxylation is 1. The molecule has 0 bridgehead atoms. The van der Waals surface area contributed by atoms with E-state index in [1.165, 1.54) is 25.1 Å². The second-order valence-electron chi connectivity index (χ2n) is 6.44. The van der Waals surface area contributed by atoms with Crippen LogP contribution in [0.25, 0.3) is 10.9 Å². The second-order valence-corrected chi connectivity index (χ2v) is 8.64. The average molecular weight is 452 g/mol. The van der Waals surface area contributed by atoms with E-state index in [9.17, 15) is 18.6 Å². The summed E-state index contributed by atoms with van der Waals surface area (Å²) in [4.78, 5) is 39.1. The monoisotopic (exact) mass is 451 g/mol. The van der Waals surface area contributed by atoms with Crippen molar-refractivity contribution in [3.8, 4) is 0 Å². The van der Waals surface area contributed by atoms with E-state index >= 15 is 0 Å². The van der Waals surface area contributed by atoms with Crippen molar-refractivity contribution in [3.63, 3.8) is 0 Å². The van der Waals surface area contributed by atoms with Gasteiger partial charge in [0.25, 0.3) is 0 Å². The minimum atomic E-state index is -1.80. The predicted molar refractivity (Wildman–Crippen MR) is 113 cm³/mol. The van der Waals surface area contributed by atoms with E-state index in [-0.39, 0.29) is 42.9 Å². The Kier molecular flexibility index (Phi) is 5.93. The maximum atomic E-state index is 13.1. The summed E-state index contributed by atoms with van der Waals surface area (Å²) in [5, 5.41) is 9.49. The van der Waals surface area contributed by atoms with E-state index in [0.717, 1.165) is 0 Å². The Morgan fingerprint density at radius 1 is 1.14 bits per heavy atom. The summed E-state index contributed by atoms with van der Waals surface area (Å²) < 4.78 is 13.1. The lowest BCUT2D eigenvalue weighted by atomic mass is 10.1. The third-order valence-electron chi connectivity index (χ3n) is 4.42. The van der Waals surface area contributed by atoms with Crippen LogP contribution in [0, 0.1) is 6.92 Å². The van der Waals surface area contributed by atoms with Gasteiger partial charge in [0, 0.05) is 0 Å². The van der Waals surface area contributed by atoms with Crippen molar-refractivity contribution >= 4 is 56.7 Å². The van der Waals surface area contributed by atoms with Gasteiger partial charge >= 0.3 is 5.97 Å². The molecule has 2 N–H and O–H groups in total. The fourth-order valence-electron chi connectivity index (χ4n) is 3.07. The van der Waals surface area contributed by atoms with Crippen LogP contribution in [-0.4, -0.2) is 26.1 Å². The number of nitrogens with one attached hydrogen (secondary N) is 1. The normalized spacial score (nSPS) is 12.1. The average Bonchev–Trinajstić information content (AvgIpc) is 2.63. The Labute approximate surface area is 177 Å². The van der Waals surface area contributed by atoms with Gasteiger partial charge < -0.3 is 10.1 Å². The van der Waals surface area contributed by atoms with Gasteiger partial charge in [-0.1, -0.05) is 35.3 Å². The summed E-state index contributed by atoms with van der Waals surface area (Å²) in [7, 11) is -1.80. The van der Waals surface area contributed by atoms with Crippen molar-refractivity contribution in [3.05, 3.63) is 72.9 Å². The Balaban J connectivity index is 2.15. The number of hydrogen-bond acceptors (Lipinski definition) is 4. The number of aromatic nitrogens is 1. The number of Topliss-reactive ketones (excluding diaryl/α,β-unsaturated/α-hetero) is 1. The molecular weight excluding hydrogens is 437 g/mol. The van der Waals surface area contributed by atoms with Gasteiger partial charge in [-0.05, 0) is 43.2 Å². The highest BCUT2D eigenvalue weighted by Crippen LogP contribution is 2.28. The Morgan fingerprint density at radius 2 is 1.79 bits per heavy atom. The molecule has 29 heavy (non-hydrogen) atoms. The Bertz CT molecular complexity index is 1270. The van der Waals surface area contributed by atoms with E-state index in [2.05, 4.69) is 4.98 Å². The summed E-state index contributed by atoms with van der Waals surface area (Å²) >= 11 is 12.3. The highest BCUT2D eigenvalue weighted by Gasteiger charge is 2.23. The number of rotatable bonds is 5. The number of benzene rings is 2. The van der Waals surface area contributed by atoms with Gasteiger partial charge in [0.15, 0.2) is 5.78 Å². The fourth-order valence-corrected chi connectivity index (χ4v) is 4.82. The summed E-state index contributed by atoms with van der Waals surface area (Å²) in [6, 6.07) is 7.53. The van der Waals surface area contributed by atoms with E-state index in [0.29, 0.717) is 11.1 Å². The van der Waals surface area contributed by atoms with Crippen molar-refractivity contribution in [2.45, 2.75) is 24.6 Å². The number of fused-ring (bicyclic) bond motifs is 1. The highest BCUT2D eigenvalue weighted by atomic mass is 35.5. The van der Waals surface area contributed by atoms with Crippen LogP contribution in [0.15, 0.2) is 40.2 Å². The van der Waals surface area contributed by atoms with E-state index in [1.54, 1.807) is 19.1 Å². The lowest BCUT2D eigenvalue weighted by Gasteiger charge is -2.12. The first-order chi connectivity index (χ1) is 13.6. The van der Waals surface area contributed by atoms with Crippen LogP contribution in [-0.2, 0) is 16.6 Å². The molecule has 9 heteroatoms. The number of pyridine rings is 1.